The van der Waals surface area contributed by atoms with E-state index in [9.17, 15) is 0 Å². The third-order valence-corrected chi connectivity index (χ3v) is 1.59. The molecule has 9 heavy (non-hydrogen) atoms. The highest BCUT2D eigenvalue weighted by atomic mass is 16.6. The zero-order valence-electron chi connectivity index (χ0n) is 5.21. The fraction of sp³-hybridized carbons (Fsp3) is 1.00. The second-order valence-electron chi connectivity index (χ2n) is 2.28. The maximum atomic E-state index is 8.62. The highest BCUT2D eigenvalue weighted by molar-refractivity contribution is 4.80. The average molecular weight is 132 g/mol. The Morgan fingerprint density at radius 2 is 2.56 bits per heavy atom. The van der Waals surface area contributed by atoms with E-state index >= 15 is 0 Å². The maximum Gasteiger partial charge on any atom is 0.0927 e. The van der Waals surface area contributed by atoms with Gasteiger partial charge in [0.2, 0.25) is 0 Å². The van der Waals surface area contributed by atoms with Gasteiger partial charge >= 0.3 is 0 Å². The first kappa shape index (κ1) is 6.95. The third-order valence-electron chi connectivity index (χ3n) is 1.59. The Morgan fingerprint density at radius 1 is 1.78 bits per heavy atom. The fourth-order valence-electron chi connectivity index (χ4n) is 1.02. The van der Waals surface area contributed by atoms with Crippen LogP contribution in [0.3, 0.4) is 0 Å². The Morgan fingerprint density at radius 3 is 2.89 bits per heavy atom. The zero-order valence-corrected chi connectivity index (χ0v) is 5.21. The second kappa shape index (κ2) is 3.12. The van der Waals surface area contributed by atoms with Gasteiger partial charge in [-0.2, -0.15) is 0 Å². The van der Waals surface area contributed by atoms with Crippen LogP contribution in [0.2, 0.25) is 0 Å². The molecule has 0 aromatic heterocycles. The second-order valence-corrected chi connectivity index (χ2v) is 2.28. The van der Waals surface area contributed by atoms with E-state index in [-0.39, 0.29) is 18.8 Å². The molecule has 4 N–H and O–H groups in total. The Kier molecular flexibility index (Phi) is 2.41. The van der Waals surface area contributed by atoms with Gasteiger partial charge < -0.3 is 10.4 Å². The van der Waals surface area contributed by atoms with E-state index in [0.717, 1.165) is 13.0 Å². The topological polar surface area (TPSA) is 67.5 Å². The molecule has 0 radical (unpaired) electrons. The largest absolute Gasteiger partial charge is 0.395 e. The molecular weight excluding hydrogens is 120 g/mol. The summed E-state index contributed by atoms with van der Waals surface area (Å²) in [6.07, 6.45) is 0.898. The molecule has 4 heteroatoms. The molecule has 1 saturated heterocycles. The van der Waals surface area contributed by atoms with Crippen molar-refractivity contribution >= 4 is 0 Å². The number of aliphatic hydroxyl groups excluding tert-OH is 1. The van der Waals surface area contributed by atoms with Gasteiger partial charge in [-0.1, -0.05) is 0 Å². The summed E-state index contributed by atoms with van der Waals surface area (Å²) in [4.78, 5) is 4.57. The lowest BCUT2D eigenvalue weighted by atomic mass is 10.2. The Balaban J connectivity index is 2.20. The van der Waals surface area contributed by atoms with Gasteiger partial charge in [-0.3, -0.25) is 4.84 Å². The lowest BCUT2D eigenvalue weighted by Crippen LogP contribution is -2.25. The van der Waals surface area contributed by atoms with Gasteiger partial charge in [0.15, 0.2) is 0 Å². The van der Waals surface area contributed by atoms with Crippen LogP contribution >= 0.6 is 0 Å². The Labute approximate surface area is 53.9 Å². The minimum Gasteiger partial charge on any atom is -0.395 e. The minimum atomic E-state index is 0.0853. The summed E-state index contributed by atoms with van der Waals surface area (Å²) in [5, 5.41) is 11.7. The molecule has 0 aromatic carbocycles. The molecule has 0 aromatic rings. The van der Waals surface area contributed by atoms with E-state index in [2.05, 4.69) is 10.2 Å². The molecule has 2 atom stereocenters. The van der Waals surface area contributed by atoms with Crippen molar-refractivity contribution in [1.29, 1.82) is 0 Å². The van der Waals surface area contributed by atoms with Gasteiger partial charge in [0.05, 0.1) is 12.7 Å². The summed E-state index contributed by atoms with van der Waals surface area (Å²) in [6.45, 7) is 0.918. The van der Waals surface area contributed by atoms with Crippen LogP contribution in [0.25, 0.3) is 0 Å². The highest BCUT2D eigenvalue weighted by Gasteiger charge is 2.22. The van der Waals surface area contributed by atoms with Crippen LogP contribution in [-0.4, -0.2) is 30.4 Å². The average Bonchev–Trinajstić information content (AvgIpc) is 2.34. The summed E-state index contributed by atoms with van der Waals surface area (Å²) < 4.78 is 0. The number of hydrogen-bond acceptors (Lipinski definition) is 4. The molecule has 0 bridgehead atoms. The molecule has 0 aliphatic carbocycles. The molecule has 1 aliphatic heterocycles. The third kappa shape index (κ3) is 1.62. The highest BCUT2D eigenvalue weighted by Crippen LogP contribution is 2.06. The van der Waals surface area contributed by atoms with E-state index in [1.165, 1.54) is 0 Å². The molecule has 4 nitrogen and oxygen atoms in total. The zero-order chi connectivity index (χ0) is 6.69. The van der Waals surface area contributed by atoms with Gasteiger partial charge in [0, 0.05) is 12.6 Å². The first-order valence-corrected chi connectivity index (χ1v) is 3.06. The molecule has 1 rings (SSSR count). The van der Waals surface area contributed by atoms with Gasteiger partial charge in [0.25, 0.3) is 0 Å². The number of hydrogen-bond donors (Lipinski definition) is 3. The molecule has 54 valence electrons. The summed E-state index contributed by atoms with van der Waals surface area (Å²) in [5.74, 6) is 4.93. The van der Waals surface area contributed by atoms with E-state index in [0.29, 0.717) is 0 Å². The van der Waals surface area contributed by atoms with Gasteiger partial charge in [-0.25, -0.2) is 5.90 Å². The van der Waals surface area contributed by atoms with Crippen LogP contribution in [0, 0.1) is 0 Å². The van der Waals surface area contributed by atoms with Crippen LogP contribution in [0.15, 0.2) is 0 Å². The molecule has 2 unspecified atom stereocenters. The van der Waals surface area contributed by atoms with Crippen LogP contribution < -0.4 is 11.2 Å². The van der Waals surface area contributed by atoms with E-state index in [1.54, 1.807) is 0 Å². The van der Waals surface area contributed by atoms with Crippen molar-refractivity contribution in [3.8, 4) is 0 Å². The first-order chi connectivity index (χ1) is 4.36. The monoisotopic (exact) mass is 132 g/mol. The van der Waals surface area contributed by atoms with Crippen LogP contribution in [0.4, 0.5) is 0 Å². The van der Waals surface area contributed by atoms with Crippen molar-refractivity contribution in [3.05, 3.63) is 0 Å². The minimum absolute atomic E-state index is 0.0853. The lowest BCUT2D eigenvalue weighted by Gasteiger charge is -2.03. The van der Waals surface area contributed by atoms with Crippen molar-refractivity contribution in [2.45, 2.75) is 18.6 Å². The molecule has 1 heterocycles. The molecular formula is C5H12N2O2. The standard InChI is InChI=1S/C5H12N2O2/c6-9-5-1-4(3-8)7-2-5/h4-5,7-8H,1-3,6H2. The number of rotatable bonds is 2. The fourth-order valence-corrected chi connectivity index (χ4v) is 1.02. The lowest BCUT2D eigenvalue weighted by molar-refractivity contribution is 0.0644. The Hall–Kier alpha value is -0.160. The van der Waals surface area contributed by atoms with E-state index in [4.69, 9.17) is 11.0 Å². The number of nitrogens with two attached hydrogens (primary N) is 1. The maximum absolute atomic E-state index is 8.62. The Bertz CT molecular complexity index is 79.0. The summed E-state index contributed by atoms with van der Waals surface area (Å²) in [5.41, 5.74) is 0. The quantitative estimate of drug-likeness (QED) is 0.404. The predicted octanol–water partition coefficient (Wildman–Crippen LogP) is -1.40. The first-order valence-electron chi connectivity index (χ1n) is 3.06. The number of nitrogens with one attached hydrogen (secondary N) is 1. The normalized spacial score (nSPS) is 35.3. The van der Waals surface area contributed by atoms with Crippen molar-refractivity contribution in [3.63, 3.8) is 0 Å². The van der Waals surface area contributed by atoms with Crippen molar-refractivity contribution < 1.29 is 9.94 Å². The van der Waals surface area contributed by atoms with Crippen LogP contribution in [-0.2, 0) is 4.84 Å². The molecule has 0 amide bonds. The van der Waals surface area contributed by atoms with Crippen LogP contribution in [0.1, 0.15) is 6.42 Å². The predicted molar refractivity (Wildman–Crippen MR) is 32.6 cm³/mol. The van der Waals surface area contributed by atoms with Gasteiger partial charge in [0.1, 0.15) is 0 Å². The van der Waals surface area contributed by atoms with E-state index < -0.39 is 0 Å². The molecule has 1 fully saturated rings. The van der Waals surface area contributed by atoms with Crippen molar-refractivity contribution in [1.82, 2.24) is 5.32 Å². The smallest absolute Gasteiger partial charge is 0.0927 e. The summed E-state index contributed by atoms with van der Waals surface area (Å²) >= 11 is 0. The molecule has 0 spiro atoms. The van der Waals surface area contributed by atoms with E-state index in [1.807, 2.05) is 0 Å². The molecule has 1 aliphatic rings. The number of aliphatic hydroxyl groups is 1. The SMILES string of the molecule is NOC1CNC(CO)C1. The van der Waals surface area contributed by atoms with Gasteiger partial charge in [-0.05, 0) is 6.42 Å². The van der Waals surface area contributed by atoms with Crippen molar-refractivity contribution in [2.24, 2.45) is 5.90 Å². The van der Waals surface area contributed by atoms with Crippen LogP contribution in [0.5, 0.6) is 0 Å². The molecule has 0 saturated carbocycles. The van der Waals surface area contributed by atoms with Gasteiger partial charge in [-0.15, -0.1) is 0 Å². The van der Waals surface area contributed by atoms with Crippen molar-refractivity contribution in [2.75, 3.05) is 13.2 Å². The summed E-state index contributed by atoms with van der Waals surface area (Å²) in [6, 6.07) is 0.179. The summed E-state index contributed by atoms with van der Waals surface area (Å²) in [7, 11) is 0.